The minimum atomic E-state index is 1.06. The van der Waals surface area contributed by atoms with Gasteiger partial charge in [0.2, 0.25) is 0 Å². The van der Waals surface area contributed by atoms with Crippen LogP contribution in [0.4, 0.5) is 0 Å². The summed E-state index contributed by atoms with van der Waals surface area (Å²) in [5.41, 5.74) is 12.3. The van der Waals surface area contributed by atoms with Crippen LogP contribution in [-0.2, 0) is 12.8 Å². The van der Waals surface area contributed by atoms with Crippen LogP contribution in [0.2, 0.25) is 0 Å². The molecule has 0 amide bonds. The van der Waals surface area contributed by atoms with E-state index in [1.807, 2.05) is 0 Å². The van der Waals surface area contributed by atoms with Crippen molar-refractivity contribution in [2.45, 2.75) is 44.9 Å². The average Bonchev–Trinajstić information content (AvgIpc) is 3.13. The molecule has 8 rings (SSSR count). The molecule has 0 unspecified atom stereocenters. The zero-order valence-electron chi connectivity index (χ0n) is 26.7. The van der Waals surface area contributed by atoms with Gasteiger partial charge in [0, 0.05) is 32.7 Å². The number of fused-ring (bicyclic) bond motifs is 4. The SMILES string of the molecule is c1ccc(-c2c3ccccc3nc3cccc(CCCCCCCc4cccc5nc6ccccc6c(-c6ccccc6)c45)c23)cc1. The number of pyridine rings is 2. The molecule has 0 aliphatic heterocycles. The maximum absolute atomic E-state index is 5.08. The van der Waals surface area contributed by atoms with Crippen LogP contribution >= 0.6 is 0 Å². The summed E-state index contributed by atoms with van der Waals surface area (Å²) in [7, 11) is 0. The standard InChI is InChI=1S/C45H38N2/c1(2-6-22-34-24-16-30-40-44(34)42(32-18-8-4-9-19-32)36-26-12-14-28-38(36)46-40)3-7-23-35-25-17-31-41-45(35)43(33-20-10-5-11-21-33)37-27-13-15-29-39(37)47-41/h4-5,8-21,24-31H,1-3,6-7,22-23H2. The molecule has 0 aliphatic carbocycles. The van der Waals surface area contributed by atoms with Crippen molar-refractivity contribution in [3.05, 3.63) is 157 Å². The molecule has 8 aromatic rings. The fraction of sp³-hybridized carbons (Fsp3) is 0.156. The maximum Gasteiger partial charge on any atom is 0.0718 e. The summed E-state index contributed by atoms with van der Waals surface area (Å²) in [5, 5.41) is 5.07. The Kier molecular flexibility index (Phi) is 8.16. The molecular weight excluding hydrogens is 569 g/mol. The third-order valence-electron chi connectivity index (χ3n) is 9.60. The first kappa shape index (κ1) is 29.1. The van der Waals surface area contributed by atoms with Crippen LogP contribution in [0.25, 0.3) is 65.9 Å². The summed E-state index contributed by atoms with van der Waals surface area (Å²) in [4.78, 5) is 10.2. The summed E-state index contributed by atoms with van der Waals surface area (Å²) in [5.74, 6) is 0. The number of hydrogen-bond donors (Lipinski definition) is 0. The number of nitrogens with zero attached hydrogens (tertiary/aromatic N) is 2. The Balaban J connectivity index is 0.983. The third kappa shape index (κ3) is 5.77. The Hall–Kier alpha value is -5.34. The highest BCUT2D eigenvalue weighted by Crippen LogP contribution is 2.38. The fourth-order valence-electron chi connectivity index (χ4n) is 7.42. The molecule has 0 atom stereocenters. The van der Waals surface area contributed by atoms with Crippen molar-refractivity contribution in [1.29, 1.82) is 0 Å². The van der Waals surface area contributed by atoms with Crippen LogP contribution in [0, 0.1) is 0 Å². The predicted molar refractivity (Wildman–Crippen MR) is 200 cm³/mol. The van der Waals surface area contributed by atoms with Gasteiger partial charge in [-0.2, -0.15) is 0 Å². The van der Waals surface area contributed by atoms with E-state index in [-0.39, 0.29) is 0 Å². The molecule has 2 aromatic heterocycles. The molecule has 2 heteroatoms. The zero-order valence-corrected chi connectivity index (χ0v) is 26.7. The second-order valence-electron chi connectivity index (χ2n) is 12.6. The smallest absolute Gasteiger partial charge is 0.0718 e. The van der Waals surface area contributed by atoms with Crippen LogP contribution in [0.5, 0.6) is 0 Å². The fourth-order valence-corrected chi connectivity index (χ4v) is 7.42. The van der Waals surface area contributed by atoms with Crippen molar-refractivity contribution < 1.29 is 0 Å². The van der Waals surface area contributed by atoms with Gasteiger partial charge >= 0.3 is 0 Å². The monoisotopic (exact) mass is 606 g/mol. The lowest BCUT2D eigenvalue weighted by Crippen LogP contribution is -1.96. The normalized spacial score (nSPS) is 11.6. The van der Waals surface area contributed by atoms with Crippen molar-refractivity contribution in [3.8, 4) is 22.3 Å². The Morgan fingerprint density at radius 3 is 1.17 bits per heavy atom. The molecule has 6 aromatic carbocycles. The lowest BCUT2D eigenvalue weighted by Gasteiger charge is -2.15. The van der Waals surface area contributed by atoms with Gasteiger partial charge in [-0.25, -0.2) is 9.97 Å². The van der Waals surface area contributed by atoms with Crippen molar-refractivity contribution in [2.24, 2.45) is 0 Å². The molecule has 0 bridgehead atoms. The number of aromatic nitrogens is 2. The van der Waals surface area contributed by atoms with E-state index in [0.29, 0.717) is 0 Å². The van der Waals surface area contributed by atoms with Crippen LogP contribution in [0.15, 0.2) is 146 Å². The number of para-hydroxylation sites is 2. The van der Waals surface area contributed by atoms with E-state index in [1.165, 1.54) is 87.0 Å². The Morgan fingerprint density at radius 1 is 0.319 bits per heavy atom. The number of rotatable bonds is 10. The molecule has 0 N–H and O–H groups in total. The number of hydrogen-bond acceptors (Lipinski definition) is 2. The number of unbranched alkanes of at least 4 members (excludes halogenated alkanes) is 4. The topological polar surface area (TPSA) is 25.8 Å². The lowest BCUT2D eigenvalue weighted by molar-refractivity contribution is 0.615. The van der Waals surface area contributed by atoms with Gasteiger partial charge in [-0.1, -0.05) is 141 Å². The van der Waals surface area contributed by atoms with Crippen LogP contribution in [0.1, 0.15) is 43.2 Å². The summed E-state index contributed by atoms with van der Waals surface area (Å²) < 4.78 is 0. The molecule has 0 saturated carbocycles. The molecule has 0 fully saturated rings. The van der Waals surface area contributed by atoms with E-state index in [9.17, 15) is 0 Å². The summed E-state index contributed by atoms with van der Waals surface area (Å²) >= 11 is 0. The molecule has 0 saturated heterocycles. The van der Waals surface area contributed by atoms with Gasteiger partial charge in [0.15, 0.2) is 0 Å². The quantitative estimate of drug-likeness (QED) is 0.114. The van der Waals surface area contributed by atoms with Crippen molar-refractivity contribution in [1.82, 2.24) is 9.97 Å². The van der Waals surface area contributed by atoms with Crippen LogP contribution in [-0.4, -0.2) is 9.97 Å². The number of benzene rings is 6. The summed E-state index contributed by atoms with van der Waals surface area (Å²) in [6.07, 6.45) is 8.21. The minimum absolute atomic E-state index is 1.06. The maximum atomic E-state index is 5.08. The van der Waals surface area contributed by atoms with E-state index in [2.05, 4.69) is 146 Å². The first-order chi connectivity index (χ1) is 23.3. The molecular formula is C45H38N2. The first-order valence-electron chi connectivity index (χ1n) is 17.1. The van der Waals surface area contributed by atoms with Gasteiger partial charge in [-0.05, 0) is 72.2 Å². The van der Waals surface area contributed by atoms with Crippen molar-refractivity contribution >= 4 is 43.6 Å². The van der Waals surface area contributed by atoms with Crippen molar-refractivity contribution in [3.63, 3.8) is 0 Å². The van der Waals surface area contributed by atoms with Gasteiger partial charge in [0.05, 0.1) is 22.1 Å². The van der Waals surface area contributed by atoms with Gasteiger partial charge in [-0.3, -0.25) is 0 Å². The van der Waals surface area contributed by atoms with Crippen molar-refractivity contribution in [2.75, 3.05) is 0 Å². The van der Waals surface area contributed by atoms with E-state index in [0.717, 1.165) is 34.9 Å². The molecule has 228 valence electrons. The second kappa shape index (κ2) is 13.2. The highest BCUT2D eigenvalue weighted by atomic mass is 14.7. The number of aryl methyl sites for hydroxylation is 2. The summed E-state index contributed by atoms with van der Waals surface area (Å²) in [6, 6.07) is 52.1. The average molecular weight is 607 g/mol. The molecule has 2 nitrogen and oxygen atoms in total. The zero-order chi connectivity index (χ0) is 31.4. The highest BCUT2D eigenvalue weighted by Gasteiger charge is 2.16. The van der Waals surface area contributed by atoms with E-state index >= 15 is 0 Å². The predicted octanol–water partition coefficient (Wildman–Crippen LogP) is 12.2. The largest absolute Gasteiger partial charge is 0.248 e. The van der Waals surface area contributed by atoms with E-state index in [1.54, 1.807) is 0 Å². The van der Waals surface area contributed by atoms with E-state index in [4.69, 9.17) is 9.97 Å². The molecule has 0 spiro atoms. The Morgan fingerprint density at radius 2 is 0.702 bits per heavy atom. The minimum Gasteiger partial charge on any atom is -0.248 e. The third-order valence-corrected chi connectivity index (χ3v) is 9.60. The van der Waals surface area contributed by atoms with Crippen LogP contribution in [0.3, 0.4) is 0 Å². The lowest BCUT2D eigenvalue weighted by atomic mass is 9.91. The Bertz CT molecular complexity index is 2160. The molecule has 2 heterocycles. The highest BCUT2D eigenvalue weighted by molar-refractivity contribution is 6.11. The molecule has 0 radical (unpaired) electrons. The van der Waals surface area contributed by atoms with Gasteiger partial charge < -0.3 is 0 Å². The van der Waals surface area contributed by atoms with E-state index < -0.39 is 0 Å². The summed E-state index contributed by atoms with van der Waals surface area (Å²) in [6.45, 7) is 0. The molecule has 47 heavy (non-hydrogen) atoms. The van der Waals surface area contributed by atoms with Gasteiger partial charge in [-0.15, -0.1) is 0 Å². The van der Waals surface area contributed by atoms with Crippen LogP contribution < -0.4 is 0 Å². The first-order valence-corrected chi connectivity index (χ1v) is 17.1. The van der Waals surface area contributed by atoms with Gasteiger partial charge in [0.25, 0.3) is 0 Å². The second-order valence-corrected chi connectivity index (χ2v) is 12.6. The Labute approximate surface area is 276 Å². The molecule has 0 aliphatic rings. The van der Waals surface area contributed by atoms with Gasteiger partial charge in [0.1, 0.15) is 0 Å².